The van der Waals surface area contributed by atoms with Crippen LogP contribution in [0.3, 0.4) is 0 Å². The number of nitrogens with zero attached hydrogens (tertiary/aromatic N) is 5. The summed E-state index contributed by atoms with van der Waals surface area (Å²) >= 11 is 1.75. The first-order valence-electron chi connectivity index (χ1n) is 8.15. The minimum absolute atomic E-state index is 0.644. The Labute approximate surface area is 139 Å². The predicted octanol–water partition coefficient (Wildman–Crippen LogP) is 2.26. The molecule has 3 aromatic heterocycles. The van der Waals surface area contributed by atoms with Gasteiger partial charge in [0.1, 0.15) is 11.6 Å². The van der Waals surface area contributed by atoms with Crippen LogP contribution in [0.25, 0.3) is 4.96 Å². The fourth-order valence-electron chi connectivity index (χ4n) is 3.41. The van der Waals surface area contributed by atoms with Gasteiger partial charge in [0.15, 0.2) is 4.96 Å². The zero-order valence-electron chi connectivity index (χ0n) is 13.8. The topological polar surface area (TPSA) is 60.0 Å². The molecule has 1 atom stereocenters. The third-order valence-electron chi connectivity index (χ3n) is 4.70. The number of hydrogen-bond donors (Lipinski definition) is 1. The van der Waals surface area contributed by atoms with Gasteiger partial charge in [-0.15, -0.1) is 21.5 Å². The van der Waals surface area contributed by atoms with E-state index in [1.807, 2.05) is 6.92 Å². The molecule has 0 amide bonds. The molecule has 0 saturated carbocycles. The lowest BCUT2D eigenvalue weighted by Crippen LogP contribution is -2.30. The van der Waals surface area contributed by atoms with Crippen LogP contribution in [0, 0.1) is 26.7 Å². The fourth-order valence-corrected chi connectivity index (χ4v) is 4.30. The second-order valence-electron chi connectivity index (χ2n) is 6.45. The molecule has 6 nitrogen and oxygen atoms in total. The molecule has 0 aliphatic carbocycles. The Hall–Kier alpha value is -1.73. The normalized spacial score (nSPS) is 17.8. The molecule has 23 heavy (non-hydrogen) atoms. The summed E-state index contributed by atoms with van der Waals surface area (Å²) < 4.78 is 4.49. The highest BCUT2D eigenvalue weighted by atomic mass is 32.1. The van der Waals surface area contributed by atoms with Gasteiger partial charge in [0.2, 0.25) is 0 Å². The lowest BCUT2D eigenvalue weighted by atomic mass is 9.99. The molecule has 0 spiro atoms. The Morgan fingerprint density at radius 3 is 3.04 bits per heavy atom. The molecule has 0 aromatic carbocycles. The molecule has 4 rings (SSSR count). The smallest absolute Gasteiger partial charge is 0.194 e. The van der Waals surface area contributed by atoms with Crippen LogP contribution in [-0.2, 0) is 19.5 Å². The number of nitrogens with one attached hydrogen (secondary N) is 1. The lowest BCUT2D eigenvalue weighted by Gasteiger charge is -2.24. The standard InChI is InChI=1S/C16H22N6S/c1-10-8-22-14(11(2)18-16(22)23-10)7-17-6-13-4-5-15-20-19-12(3)21(15)9-13/h8,13,17H,4-7,9H2,1-3H3. The number of aryl methyl sites for hydroxylation is 4. The maximum absolute atomic E-state index is 4.65. The van der Waals surface area contributed by atoms with E-state index in [2.05, 4.69) is 49.5 Å². The molecule has 7 heteroatoms. The van der Waals surface area contributed by atoms with Crippen molar-refractivity contribution in [2.45, 2.75) is 46.7 Å². The molecule has 122 valence electrons. The highest BCUT2D eigenvalue weighted by Gasteiger charge is 2.21. The molecule has 1 unspecified atom stereocenters. The Morgan fingerprint density at radius 1 is 1.30 bits per heavy atom. The van der Waals surface area contributed by atoms with Crippen molar-refractivity contribution in [1.82, 2.24) is 29.5 Å². The minimum atomic E-state index is 0.644. The molecule has 1 aliphatic rings. The summed E-state index contributed by atoms with van der Waals surface area (Å²) in [4.78, 5) is 7.05. The Kier molecular flexibility index (Phi) is 3.69. The summed E-state index contributed by atoms with van der Waals surface area (Å²) in [6.45, 7) is 9.18. The van der Waals surface area contributed by atoms with E-state index in [0.717, 1.165) is 48.4 Å². The van der Waals surface area contributed by atoms with Gasteiger partial charge in [-0.05, 0) is 33.1 Å². The van der Waals surface area contributed by atoms with Gasteiger partial charge in [0.25, 0.3) is 0 Å². The summed E-state index contributed by atoms with van der Waals surface area (Å²) in [7, 11) is 0. The monoisotopic (exact) mass is 330 g/mol. The number of hydrogen-bond acceptors (Lipinski definition) is 5. The molecule has 3 aromatic rings. The highest BCUT2D eigenvalue weighted by Crippen LogP contribution is 2.22. The van der Waals surface area contributed by atoms with Gasteiger partial charge in [-0.2, -0.15) is 0 Å². The molecule has 0 bridgehead atoms. The average molecular weight is 330 g/mol. The molecule has 1 N–H and O–H groups in total. The quantitative estimate of drug-likeness (QED) is 0.797. The van der Waals surface area contributed by atoms with Crippen molar-refractivity contribution in [1.29, 1.82) is 0 Å². The Bertz CT molecular complexity index is 842. The number of fused-ring (bicyclic) bond motifs is 2. The third-order valence-corrected chi connectivity index (χ3v) is 5.59. The predicted molar refractivity (Wildman–Crippen MR) is 90.8 cm³/mol. The Morgan fingerprint density at radius 2 is 2.17 bits per heavy atom. The summed E-state index contributed by atoms with van der Waals surface area (Å²) in [5.74, 6) is 2.82. The van der Waals surface area contributed by atoms with E-state index in [4.69, 9.17) is 0 Å². The molecule has 0 fully saturated rings. The lowest BCUT2D eigenvalue weighted by molar-refractivity contribution is 0.343. The van der Waals surface area contributed by atoms with Crippen LogP contribution < -0.4 is 5.32 Å². The number of thiazole rings is 1. The number of rotatable bonds is 4. The van der Waals surface area contributed by atoms with Crippen molar-refractivity contribution in [2.75, 3.05) is 6.54 Å². The number of imidazole rings is 1. The van der Waals surface area contributed by atoms with Gasteiger partial charge in [0.05, 0.1) is 11.4 Å². The largest absolute Gasteiger partial charge is 0.315 e. The SMILES string of the molecule is Cc1cn2c(CNCC3CCc4nnc(C)n4C3)c(C)nc2s1. The zero-order chi connectivity index (χ0) is 16.0. The first-order chi connectivity index (χ1) is 11.1. The molecule has 0 radical (unpaired) electrons. The minimum Gasteiger partial charge on any atom is -0.315 e. The molecule has 1 aliphatic heterocycles. The average Bonchev–Trinajstić information content (AvgIpc) is 3.14. The molecular weight excluding hydrogens is 308 g/mol. The van der Waals surface area contributed by atoms with Crippen LogP contribution in [0.5, 0.6) is 0 Å². The van der Waals surface area contributed by atoms with Crippen molar-refractivity contribution < 1.29 is 0 Å². The fraction of sp³-hybridized carbons (Fsp3) is 0.562. The van der Waals surface area contributed by atoms with Gasteiger partial charge >= 0.3 is 0 Å². The summed E-state index contributed by atoms with van der Waals surface area (Å²) in [6.07, 6.45) is 4.40. The second kappa shape index (κ2) is 5.72. The van der Waals surface area contributed by atoms with Crippen molar-refractivity contribution >= 4 is 16.3 Å². The van der Waals surface area contributed by atoms with Crippen molar-refractivity contribution in [3.8, 4) is 0 Å². The maximum atomic E-state index is 4.65. The van der Waals surface area contributed by atoms with Gasteiger partial charge in [-0.1, -0.05) is 0 Å². The first-order valence-corrected chi connectivity index (χ1v) is 8.97. The maximum Gasteiger partial charge on any atom is 0.194 e. The molecule has 4 heterocycles. The van der Waals surface area contributed by atoms with Crippen LogP contribution in [-0.4, -0.2) is 30.7 Å². The van der Waals surface area contributed by atoms with E-state index in [0.29, 0.717) is 5.92 Å². The Balaban J connectivity index is 1.40. The summed E-state index contributed by atoms with van der Waals surface area (Å²) in [6, 6.07) is 0. The van der Waals surface area contributed by atoms with Crippen LogP contribution in [0.15, 0.2) is 6.20 Å². The summed E-state index contributed by atoms with van der Waals surface area (Å²) in [5, 5.41) is 12.1. The van der Waals surface area contributed by atoms with E-state index in [1.54, 1.807) is 11.3 Å². The van der Waals surface area contributed by atoms with Gasteiger partial charge in [-0.25, -0.2) is 4.98 Å². The number of aromatic nitrogens is 5. The van der Waals surface area contributed by atoms with Crippen LogP contribution in [0.1, 0.15) is 34.3 Å². The zero-order valence-corrected chi connectivity index (χ0v) is 14.7. The third kappa shape index (κ3) is 2.68. The van der Waals surface area contributed by atoms with Crippen LogP contribution in [0.2, 0.25) is 0 Å². The van der Waals surface area contributed by atoms with Gasteiger partial charge in [-0.3, -0.25) is 4.40 Å². The van der Waals surface area contributed by atoms with E-state index in [1.165, 1.54) is 17.0 Å². The highest BCUT2D eigenvalue weighted by molar-refractivity contribution is 7.17. The van der Waals surface area contributed by atoms with E-state index in [-0.39, 0.29) is 0 Å². The van der Waals surface area contributed by atoms with Crippen molar-refractivity contribution in [2.24, 2.45) is 5.92 Å². The molecule has 0 saturated heterocycles. The van der Waals surface area contributed by atoms with E-state index >= 15 is 0 Å². The summed E-state index contributed by atoms with van der Waals surface area (Å²) in [5.41, 5.74) is 2.41. The molecular formula is C16H22N6S. The van der Waals surface area contributed by atoms with Crippen LogP contribution >= 0.6 is 11.3 Å². The van der Waals surface area contributed by atoms with Crippen molar-refractivity contribution in [3.05, 3.63) is 34.1 Å². The first kappa shape index (κ1) is 14.8. The second-order valence-corrected chi connectivity index (χ2v) is 7.66. The van der Waals surface area contributed by atoms with Crippen LogP contribution in [0.4, 0.5) is 0 Å². The van der Waals surface area contributed by atoms with Crippen molar-refractivity contribution in [3.63, 3.8) is 0 Å². The van der Waals surface area contributed by atoms with Gasteiger partial charge in [0, 0.05) is 37.1 Å². The van der Waals surface area contributed by atoms with E-state index in [9.17, 15) is 0 Å². The van der Waals surface area contributed by atoms with Gasteiger partial charge < -0.3 is 9.88 Å². The van der Waals surface area contributed by atoms with E-state index < -0.39 is 0 Å².